The van der Waals surface area contributed by atoms with E-state index in [1.807, 2.05) is 0 Å². The number of hydrogen-bond donors (Lipinski definition) is 0. The fourth-order valence-corrected chi connectivity index (χ4v) is 3.23. The Kier molecular flexibility index (Phi) is 4.35. The molecule has 1 atom stereocenters. The van der Waals surface area contributed by atoms with E-state index in [1.54, 1.807) is 12.1 Å². The first-order valence-electron chi connectivity index (χ1n) is 6.27. The number of halogens is 2. The third kappa shape index (κ3) is 3.42. The van der Waals surface area contributed by atoms with E-state index in [0.29, 0.717) is 17.1 Å². The van der Waals surface area contributed by atoms with Gasteiger partial charge in [0.15, 0.2) is 5.76 Å². The lowest BCUT2D eigenvalue weighted by atomic mass is 10.2. The monoisotopic (exact) mass is 340 g/mol. The van der Waals surface area contributed by atoms with E-state index >= 15 is 0 Å². The molecule has 1 unspecified atom stereocenters. The smallest absolute Gasteiger partial charge is 0.239 e. The van der Waals surface area contributed by atoms with E-state index in [2.05, 4.69) is 10.1 Å². The van der Waals surface area contributed by atoms with Gasteiger partial charge in [-0.25, -0.2) is 4.39 Å². The predicted molar refractivity (Wildman–Crippen MR) is 79.0 cm³/mol. The number of nitrogens with zero attached hydrogens (tertiary/aromatic N) is 2. The van der Waals surface area contributed by atoms with E-state index < -0.39 is 16.6 Å². The average molecular weight is 341 g/mol. The van der Waals surface area contributed by atoms with E-state index in [4.69, 9.17) is 20.5 Å². The van der Waals surface area contributed by atoms with Gasteiger partial charge >= 0.3 is 0 Å². The standard InChI is InChI=1S/C14H10ClFN2O3S/c15-11-6-10(16)4-3-9(11)7-22(19)8-13-17-14(18-21-13)12-2-1-5-20-12/h1-6H,7-8H2. The molecular weight excluding hydrogens is 331 g/mol. The lowest BCUT2D eigenvalue weighted by molar-refractivity contribution is 0.389. The van der Waals surface area contributed by atoms with Crippen LogP contribution in [0.2, 0.25) is 5.02 Å². The molecule has 114 valence electrons. The molecule has 0 saturated heterocycles. The Morgan fingerprint density at radius 3 is 2.86 bits per heavy atom. The predicted octanol–water partition coefficient (Wildman–Crippen LogP) is 3.57. The second kappa shape index (κ2) is 6.41. The minimum atomic E-state index is -1.31. The average Bonchev–Trinajstić information content (AvgIpc) is 3.12. The van der Waals surface area contributed by atoms with Gasteiger partial charge in [0.1, 0.15) is 11.6 Å². The number of hydrogen-bond acceptors (Lipinski definition) is 5. The van der Waals surface area contributed by atoms with Gasteiger partial charge in [0.25, 0.3) is 0 Å². The third-order valence-electron chi connectivity index (χ3n) is 2.83. The highest BCUT2D eigenvalue weighted by atomic mass is 35.5. The van der Waals surface area contributed by atoms with Crippen molar-refractivity contribution < 1.29 is 17.5 Å². The second-order valence-corrected chi connectivity index (χ2v) is 6.32. The Balaban J connectivity index is 1.67. The van der Waals surface area contributed by atoms with Crippen molar-refractivity contribution in [2.45, 2.75) is 11.5 Å². The van der Waals surface area contributed by atoms with Crippen molar-refractivity contribution in [1.29, 1.82) is 0 Å². The molecule has 0 aliphatic heterocycles. The lowest BCUT2D eigenvalue weighted by Gasteiger charge is -2.03. The molecule has 1 aromatic carbocycles. The van der Waals surface area contributed by atoms with Crippen molar-refractivity contribution in [1.82, 2.24) is 10.1 Å². The molecule has 8 heteroatoms. The Morgan fingerprint density at radius 2 is 2.14 bits per heavy atom. The van der Waals surface area contributed by atoms with Crippen LogP contribution < -0.4 is 0 Å². The summed E-state index contributed by atoms with van der Waals surface area (Å²) in [6, 6.07) is 7.39. The number of aromatic nitrogens is 2. The topological polar surface area (TPSA) is 69.1 Å². The highest BCUT2D eigenvalue weighted by molar-refractivity contribution is 7.83. The summed E-state index contributed by atoms with van der Waals surface area (Å²) >= 11 is 5.91. The van der Waals surface area contributed by atoms with Crippen LogP contribution in [0.1, 0.15) is 11.5 Å². The van der Waals surface area contributed by atoms with Crippen LogP contribution in [-0.4, -0.2) is 14.3 Å². The fraction of sp³-hybridized carbons (Fsp3) is 0.143. The molecule has 3 rings (SSSR count). The minimum absolute atomic E-state index is 0.0847. The SMILES string of the molecule is O=S(Cc1nc(-c2ccco2)no1)Cc1ccc(F)cc1Cl. The van der Waals surface area contributed by atoms with E-state index in [-0.39, 0.29) is 22.4 Å². The Morgan fingerprint density at radius 1 is 1.27 bits per heavy atom. The quantitative estimate of drug-likeness (QED) is 0.710. The lowest BCUT2D eigenvalue weighted by Crippen LogP contribution is -2.00. The van der Waals surface area contributed by atoms with Gasteiger partial charge in [0.05, 0.1) is 12.0 Å². The Hall–Kier alpha value is -1.99. The van der Waals surface area contributed by atoms with Crippen LogP contribution in [-0.2, 0) is 22.3 Å². The van der Waals surface area contributed by atoms with Gasteiger partial charge < -0.3 is 8.94 Å². The Labute approximate surface area is 132 Å². The number of benzene rings is 1. The fourth-order valence-electron chi connectivity index (χ4n) is 1.82. The summed E-state index contributed by atoms with van der Waals surface area (Å²) in [6.07, 6.45) is 1.50. The molecule has 0 aliphatic carbocycles. The molecule has 3 aromatic rings. The molecular formula is C14H10ClFN2O3S. The summed E-state index contributed by atoms with van der Waals surface area (Å²) in [5, 5.41) is 4.00. The van der Waals surface area contributed by atoms with Crippen LogP contribution in [0.25, 0.3) is 11.6 Å². The molecule has 2 aromatic heterocycles. The van der Waals surface area contributed by atoms with Crippen molar-refractivity contribution in [2.75, 3.05) is 0 Å². The molecule has 0 spiro atoms. The zero-order valence-electron chi connectivity index (χ0n) is 11.2. The van der Waals surface area contributed by atoms with Crippen molar-refractivity contribution in [2.24, 2.45) is 0 Å². The van der Waals surface area contributed by atoms with E-state index in [0.717, 1.165) is 0 Å². The first-order valence-corrected chi connectivity index (χ1v) is 8.14. The second-order valence-electron chi connectivity index (χ2n) is 4.45. The van der Waals surface area contributed by atoms with Crippen LogP contribution in [0.3, 0.4) is 0 Å². The largest absolute Gasteiger partial charge is 0.461 e. The van der Waals surface area contributed by atoms with Gasteiger partial charge in [-0.3, -0.25) is 4.21 Å². The van der Waals surface area contributed by atoms with Crippen LogP contribution >= 0.6 is 11.6 Å². The molecule has 0 fully saturated rings. The Bertz CT molecular complexity index is 804. The molecule has 0 radical (unpaired) electrons. The molecule has 5 nitrogen and oxygen atoms in total. The molecule has 0 amide bonds. The summed E-state index contributed by atoms with van der Waals surface area (Å²) < 4.78 is 35.3. The van der Waals surface area contributed by atoms with Gasteiger partial charge in [-0.15, -0.1) is 0 Å². The summed E-state index contributed by atoms with van der Waals surface area (Å²) in [7, 11) is -1.31. The maximum absolute atomic E-state index is 13.0. The van der Waals surface area contributed by atoms with Crippen LogP contribution in [0.4, 0.5) is 4.39 Å². The molecule has 0 bridgehead atoms. The van der Waals surface area contributed by atoms with Crippen molar-refractivity contribution in [3.05, 3.63) is 58.9 Å². The normalized spacial score (nSPS) is 12.5. The molecule has 0 saturated carbocycles. The minimum Gasteiger partial charge on any atom is -0.461 e. The maximum Gasteiger partial charge on any atom is 0.239 e. The number of furan rings is 1. The molecule has 22 heavy (non-hydrogen) atoms. The highest BCUT2D eigenvalue weighted by Gasteiger charge is 2.14. The van der Waals surface area contributed by atoms with Gasteiger partial charge in [0, 0.05) is 15.8 Å². The zero-order valence-corrected chi connectivity index (χ0v) is 12.7. The van der Waals surface area contributed by atoms with Crippen LogP contribution in [0.15, 0.2) is 45.5 Å². The van der Waals surface area contributed by atoms with Crippen LogP contribution in [0, 0.1) is 5.82 Å². The van der Waals surface area contributed by atoms with Crippen molar-refractivity contribution in [3.63, 3.8) is 0 Å². The highest BCUT2D eigenvalue weighted by Crippen LogP contribution is 2.20. The van der Waals surface area contributed by atoms with Gasteiger partial charge in [0.2, 0.25) is 11.7 Å². The van der Waals surface area contributed by atoms with Crippen molar-refractivity contribution >= 4 is 22.4 Å². The zero-order chi connectivity index (χ0) is 15.5. The van der Waals surface area contributed by atoms with Gasteiger partial charge in [-0.2, -0.15) is 4.98 Å². The molecule has 0 aliphatic rings. The van der Waals surface area contributed by atoms with Crippen LogP contribution in [0.5, 0.6) is 0 Å². The first-order chi connectivity index (χ1) is 10.6. The molecule has 0 N–H and O–H groups in total. The van der Waals surface area contributed by atoms with Crippen molar-refractivity contribution in [3.8, 4) is 11.6 Å². The molecule has 2 heterocycles. The third-order valence-corrected chi connectivity index (χ3v) is 4.38. The van der Waals surface area contributed by atoms with E-state index in [9.17, 15) is 8.60 Å². The summed E-state index contributed by atoms with van der Waals surface area (Å²) in [4.78, 5) is 4.11. The van der Waals surface area contributed by atoms with E-state index in [1.165, 1.54) is 24.5 Å². The summed E-state index contributed by atoms with van der Waals surface area (Å²) in [5.41, 5.74) is 0.604. The summed E-state index contributed by atoms with van der Waals surface area (Å²) in [5.74, 6) is 0.848. The van der Waals surface area contributed by atoms with Gasteiger partial charge in [-0.1, -0.05) is 22.8 Å². The maximum atomic E-state index is 13.0. The number of rotatable bonds is 5. The summed E-state index contributed by atoms with van der Waals surface area (Å²) in [6.45, 7) is 0. The first kappa shape index (κ1) is 14.9. The van der Waals surface area contributed by atoms with Gasteiger partial charge in [-0.05, 0) is 29.8 Å².